The van der Waals surface area contributed by atoms with Gasteiger partial charge in [0.25, 0.3) is 0 Å². The number of amides is 1. The Balaban J connectivity index is 3.91. The molecule has 0 aliphatic heterocycles. The monoisotopic (exact) mass is 231 g/mol. The number of carboxylic acid groups (broad SMARTS) is 1. The smallest absolute Gasteiger partial charge is 0.323 e. The minimum Gasteiger partial charge on any atom is -0.480 e. The third kappa shape index (κ3) is 7.23. The molecule has 5 heteroatoms. The maximum Gasteiger partial charge on any atom is 0.323 e. The van der Waals surface area contributed by atoms with Crippen LogP contribution in [0, 0.1) is 0 Å². The predicted octanol–water partition coefficient (Wildman–Crippen LogP) is 1.13. The summed E-state index contributed by atoms with van der Waals surface area (Å²) in [5, 5.41) is 8.65. The number of hydrogen-bond donors (Lipinski definition) is 1. The van der Waals surface area contributed by atoms with Gasteiger partial charge in [0.2, 0.25) is 5.91 Å². The highest BCUT2D eigenvalue weighted by Gasteiger charge is 2.14. The van der Waals surface area contributed by atoms with Crippen molar-refractivity contribution < 1.29 is 19.4 Å². The number of aliphatic carboxylic acids is 1. The highest BCUT2D eigenvalue weighted by atomic mass is 16.5. The van der Waals surface area contributed by atoms with E-state index in [0.717, 1.165) is 6.42 Å². The molecule has 0 spiro atoms. The lowest BCUT2D eigenvalue weighted by Crippen LogP contribution is -2.36. The van der Waals surface area contributed by atoms with Gasteiger partial charge in [-0.05, 0) is 19.8 Å². The van der Waals surface area contributed by atoms with Crippen LogP contribution in [0.5, 0.6) is 0 Å². The highest BCUT2D eigenvalue weighted by molar-refractivity contribution is 5.81. The number of hydrogen-bond acceptors (Lipinski definition) is 3. The second-order valence-corrected chi connectivity index (χ2v) is 3.51. The molecule has 0 aliphatic rings. The Bertz CT molecular complexity index is 218. The molecule has 0 fully saturated rings. The number of carbonyl (C=O) groups excluding carboxylic acids is 1. The van der Waals surface area contributed by atoms with E-state index in [-0.39, 0.29) is 12.5 Å². The molecule has 0 aliphatic carbocycles. The first-order valence-electron chi connectivity index (χ1n) is 5.69. The lowest BCUT2D eigenvalue weighted by molar-refractivity contribution is -0.144. The zero-order valence-electron chi connectivity index (χ0n) is 10.1. The van der Waals surface area contributed by atoms with Gasteiger partial charge in [0, 0.05) is 26.2 Å². The Kier molecular flexibility index (Phi) is 8.52. The first-order valence-corrected chi connectivity index (χ1v) is 5.69. The van der Waals surface area contributed by atoms with E-state index in [2.05, 4.69) is 0 Å². The SMILES string of the molecule is CCCN(CC(=O)O)C(=O)CCCOCC. The molecule has 0 radical (unpaired) electrons. The minimum absolute atomic E-state index is 0.107. The van der Waals surface area contributed by atoms with Crippen molar-refractivity contribution in [3.63, 3.8) is 0 Å². The molecule has 0 aromatic rings. The van der Waals surface area contributed by atoms with Crippen molar-refractivity contribution >= 4 is 11.9 Å². The maximum atomic E-state index is 11.6. The molecule has 1 N–H and O–H groups in total. The first kappa shape index (κ1) is 14.9. The van der Waals surface area contributed by atoms with Crippen molar-refractivity contribution in [3.05, 3.63) is 0 Å². The zero-order chi connectivity index (χ0) is 12.4. The summed E-state index contributed by atoms with van der Waals surface area (Å²) in [5.74, 6) is -1.07. The Labute approximate surface area is 96.4 Å². The van der Waals surface area contributed by atoms with Crippen LogP contribution in [0.15, 0.2) is 0 Å². The van der Waals surface area contributed by atoms with Gasteiger partial charge in [0.05, 0.1) is 0 Å². The van der Waals surface area contributed by atoms with E-state index in [0.29, 0.717) is 32.6 Å². The Hall–Kier alpha value is -1.10. The van der Waals surface area contributed by atoms with Gasteiger partial charge in [-0.15, -0.1) is 0 Å². The van der Waals surface area contributed by atoms with Crippen LogP contribution in [-0.2, 0) is 14.3 Å². The molecule has 0 rings (SSSR count). The summed E-state index contributed by atoms with van der Waals surface area (Å²) in [6.45, 7) is 5.30. The maximum absolute atomic E-state index is 11.6. The quantitative estimate of drug-likeness (QED) is 0.604. The average Bonchev–Trinajstić information content (AvgIpc) is 2.23. The topological polar surface area (TPSA) is 66.8 Å². The van der Waals surface area contributed by atoms with Gasteiger partial charge in [0.1, 0.15) is 6.54 Å². The summed E-state index contributed by atoms with van der Waals surface area (Å²) in [5.41, 5.74) is 0. The van der Waals surface area contributed by atoms with Crippen molar-refractivity contribution in [2.45, 2.75) is 33.1 Å². The van der Waals surface area contributed by atoms with Gasteiger partial charge >= 0.3 is 5.97 Å². The fourth-order valence-electron chi connectivity index (χ4n) is 1.35. The minimum atomic E-state index is -0.966. The third-order valence-corrected chi connectivity index (χ3v) is 2.06. The van der Waals surface area contributed by atoms with Gasteiger partial charge in [-0.2, -0.15) is 0 Å². The molecule has 0 saturated carbocycles. The van der Waals surface area contributed by atoms with Gasteiger partial charge in [0.15, 0.2) is 0 Å². The summed E-state index contributed by atoms with van der Waals surface area (Å²) >= 11 is 0. The molecule has 0 aromatic carbocycles. The van der Waals surface area contributed by atoms with E-state index < -0.39 is 5.97 Å². The van der Waals surface area contributed by atoms with Crippen LogP contribution in [0.25, 0.3) is 0 Å². The standard InChI is InChI=1S/C11H21NO4/c1-3-7-12(9-11(14)15)10(13)6-5-8-16-4-2/h3-9H2,1-2H3,(H,14,15). The van der Waals surface area contributed by atoms with E-state index >= 15 is 0 Å². The molecule has 0 atom stereocenters. The number of carbonyl (C=O) groups is 2. The van der Waals surface area contributed by atoms with Crippen LogP contribution in [0.1, 0.15) is 33.1 Å². The van der Waals surface area contributed by atoms with E-state index in [4.69, 9.17) is 9.84 Å². The van der Waals surface area contributed by atoms with Crippen molar-refractivity contribution in [2.75, 3.05) is 26.3 Å². The van der Waals surface area contributed by atoms with Gasteiger partial charge in [-0.3, -0.25) is 9.59 Å². The first-order chi connectivity index (χ1) is 7.61. The zero-order valence-corrected chi connectivity index (χ0v) is 10.1. The molecule has 94 valence electrons. The summed E-state index contributed by atoms with van der Waals surface area (Å²) in [6, 6.07) is 0. The van der Waals surface area contributed by atoms with Gasteiger partial charge < -0.3 is 14.7 Å². The van der Waals surface area contributed by atoms with Gasteiger partial charge in [-0.25, -0.2) is 0 Å². The van der Waals surface area contributed by atoms with E-state index in [1.807, 2.05) is 13.8 Å². The van der Waals surface area contributed by atoms with Crippen LogP contribution < -0.4 is 0 Å². The Morgan fingerprint density at radius 2 is 2.00 bits per heavy atom. The summed E-state index contributed by atoms with van der Waals surface area (Å²) in [4.78, 5) is 23.6. The van der Waals surface area contributed by atoms with Crippen molar-refractivity contribution in [2.24, 2.45) is 0 Å². The van der Waals surface area contributed by atoms with E-state index in [1.165, 1.54) is 4.90 Å². The lowest BCUT2D eigenvalue weighted by atomic mass is 10.2. The largest absolute Gasteiger partial charge is 0.480 e. The normalized spacial score (nSPS) is 10.1. The van der Waals surface area contributed by atoms with Crippen LogP contribution in [0.4, 0.5) is 0 Å². The Morgan fingerprint density at radius 3 is 2.50 bits per heavy atom. The van der Waals surface area contributed by atoms with Gasteiger partial charge in [-0.1, -0.05) is 6.92 Å². The van der Waals surface area contributed by atoms with Crippen LogP contribution in [0.3, 0.4) is 0 Å². The molecule has 0 heterocycles. The molecular formula is C11H21NO4. The molecule has 0 aromatic heterocycles. The molecular weight excluding hydrogens is 210 g/mol. The third-order valence-electron chi connectivity index (χ3n) is 2.06. The lowest BCUT2D eigenvalue weighted by Gasteiger charge is -2.19. The van der Waals surface area contributed by atoms with Crippen molar-refractivity contribution in [1.82, 2.24) is 4.90 Å². The van der Waals surface area contributed by atoms with Crippen LogP contribution in [-0.4, -0.2) is 48.2 Å². The van der Waals surface area contributed by atoms with Crippen molar-refractivity contribution in [1.29, 1.82) is 0 Å². The Morgan fingerprint density at radius 1 is 1.31 bits per heavy atom. The molecule has 0 unspecified atom stereocenters. The fraction of sp³-hybridized carbons (Fsp3) is 0.818. The fourth-order valence-corrected chi connectivity index (χ4v) is 1.35. The molecule has 0 saturated heterocycles. The second-order valence-electron chi connectivity index (χ2n) is 3.51. The average molecular weight is 231 g/mol. The summed E-state index contributed by atoms with van der Waals surface area (Å²) in [7, 11) is 0. The summed E-state index contributed by atoms with van der Waals surface area (Å²) < 4.78 is 5.12. The molecule has 0 bridgehead atoms. The van der Waals surface area contributed by atoms with Crippen LogP contribution >= 0.6 is 0 Å². The summed E-state index contributed by atoms with van der Waals surface area (Å²) in [6.07, 6.45) is 1.77. The molecule has 1 amide bonds. The molecule has 5 nitrogen and oxygen atoms in total. The predicted molar refractivity (Wildman–Crippen MR) is 60.2 cm³/mol. The molecule has 16 heavy (non-hydrogen) atoms. The highest BCUT2D eigenvalue weighted by Crippen LogP contribution is 2.00. The van der Waals surface area contributed by atoms with Crippen molar-refractivity contribution in [3.8, 4) is 0 Å². The van der Waals surface area contributed by atoms with Crippen LogP contribution in [0.2, 0.25) is 0 Å². The number of rotatable bonds is 9. The number of ether oxygens (including phenoxy) is 1. The van der Waals surface area contributed by atoms with E-state index in [1.54, 1.807) is 0 Å². The number of carboxylic acids is 1. The second kappa shape index (κ2) is 9.15. The van der Waals surface area contributed by atoms with E-state index in [9.17, 15) is 9.59 Å². The number of nitrogens with zero attached hydrogens (tertiary/aromatic N) is 1.